The quantitative estimate of drug-likeness (QED) is 0.720. The lowest BCUT2D eigenvalue weighted by atomic mass is 10.1. The van der Waals surface area contributed by atoms with Gasteiger partial charge in [0.05, 0.1) is 5.56 Å². The monoisotopic (exact) mass is 291 g/mol. The zero-order valence-corrected chi connectivity index (χ0v) is 10.6. The van der Waals surface area contributed by atoms with E-state index in [1.165, 1.54) is 6.07 Å². The number of nitrogens with two attached hydrogens (primary N) is 2. The van der Waals surface area contributed by atoms with Gasteiger partial charge < -0.3 is 16.8 Å². The van der Waals surface area contributed by atoms with Gasteiger partial charge in [-0.1, -0.05) is 12.2 Å². The zero-order valence-electron chi connectivity index (χ0n) is 9.75. The van der Waals surface area contributed by atoms with Crippen LogP contribution < -0.4 is 16.8 Å². The van der Waals surface area contributed by atoms with Crippen molar-refractivity contribution >= 4 is 28.8 Å². The minimum Gasteiger partial charge on any atom is -0.389 e. The fourth-order valence-corrected chi connectivity index (χ4v) is 1.57. The van der Waals surface area contributed by atoms with Crippen LogP contribution in [0.2, 0.25) is 0 Å². The number of nitrogens with one attached hydrogen (secondary N) is 1. The van der Waals surface area contributed by atoms with E-state index in [9.17, 15) is 18.0 Å². The Morgan fingerprint density at radius 2 is 1.95 bits per heavy atom. The molecule has 0 aliphatic rings. The molecule has 0 aromatic heterocycles. The van der Waals surface area contributed by atoms with Crippen molar-refractivity contribution in [3.8, 4) is 0 Å². The van der Waals surface area contributed by atoms with E-state index in [0.717, 1.165) is 12.1 Å². The fourth-order valence-electron chi connectivity index (χ4n) is 1.40. The summed E-state index contributed by atoms with van der Waals surface area (Å²) in [5.74, 6) is -0.517. The molecule has 104 valence electrons. The third-order valence-corrected chi connectivity index (χ3v) is 2.52. The number of benzene rings is 1. The molecule has 0 aliphatic carbocycles. The Labute approximate surface area is 113 Å². The molecule has 4 nitrogen and oxygen atoms in total. The van der Waals surface area contributed by atoms with Gasteiger partial charge in [0.25, 0.3) is 0 Å². The molecular formula is C11H12F3N3OS. The molecule has 0 aliphatic heterocycles. The van der Waals surface area contributed by atoms with Crippen LogP contribution in [-0.4, -0.2) is 17.4 Å². The Morgan fingerprint density at radius 1 is 1.32 bits per heavy atom. The first-order valence-corrected chi connectivity index (χ1v) is 5.66. The summed E-state index contributed by atoms with van der Waals surface area (Å²) in [6.07, 6.45) is -4.41. The van der Waals surface area contributed by atoms with Crippen molar-refractivity contribution in [3.05, 3.63) is 29.3 Å². The van der Waals surface area contributed by atoms with Crippen LogP contribution >= 0.6 is 12.2 Å². The normalized spacial score (nSPS) is 11.1. The van der Waals surface area contributed by atoms with Gasteiger partial charge in [0, 0.05) is 24.2 Å². The van der Waals surface area contributed by atoms with Gasteiger partial charge >= 0.3 is 6.18 Å². The van der Waals surface area contributed by atoms with Gasteiger partial charge in [-0.3, -0.25) is 4.79 Å². The van der Waals surface area contributed by atoms with Gasteiger partial charge in [-0.05, 0) is 18.2 Å². The number of rotatable bonds is 5. The summed E-state index contributed by atoms with van der Waals surface area (Å²) in [5, 5.41) is 2.77. The van der Waals surface area contributed by atoms with Crippen molar-refractivity contribution in [1.29, 1.82) is 0 Å². The molecule has 8 heteroatoms. The number of hydrogen-bond acceptors (Lipinski definition) is 3. The molecule has 1 aromatic carbocycles. The van der Waals surface area contributed by atoms with Crippen molar-refractivity contribution in [2.75, 3.05) is 11.9 Å². The molecule has 1 amide bonds. The molecular weight excluding hydrogens is 279 g/mol. The maximum atomic E-state index is 12.6. The summed E-state index contributed by atoms with van der Waals surface area (Å²) in [4.78, 5) is 10.4. The van der Waals surface area contributed by atoms with Crippen LogP contribution in [0.15, 0.2) is 18.2 Å². The smallest absolute Gasteiger partial charge is 0.389 e. The SMILES string of the molecule is NC(=O)CCNc1ccc(C(F)(F)F)cc1C(N)=S. The number of alkyl halides is 3. The largest absolute Gasteiger partial charge is 0.416 e. The average molecular weight is 291 g/mol. The predicted octanol–water partition coefficient (Wildman–Crippen LogP) is 1.63. The Balaban J connectivity index is 2.99. The summed E-state index contributed by atoms with van der Waals surface area (Å²) in [6, 6.07) is 3.00. The van der Waals surface area contributed by atoms with Gasteiger partial charge in [-0.15, -0.1) is 0 Å². The van der Waals surface area contributed by atoms with E-state index in [4.69, 9.17) is 23.7 Å². The zero-order chi connectivity index (χ0) is 14.6. The van der Waals surface area contributed by atoms with Gasteiger partial charge in [-0.2, -0.15) is 13.2 Å². The average Bonchev–Trinajstić information content (AvgIpc) is 2.27. The van der Waals surface area contributed by atoms with Gasteiger partial charge in [0.2, 0.25) is 5.91 Å². The number of anilines is 1. The molecule has 0 saturated carbocycles. The number of carbonyl (C=O) groups excluding carboxylic acids is 1. The standard InChI is InChI=1S/C11H12F3N3OS/c12-11(13,14)6-1-2-8(7(5-6)10(16)19)17-4-3-9(15)18/h1-2,5,17H,3-4H2,(H2,15,18)(H2,16,19). The molecule has 0 heterocycles. The molecule has 0 radical (unpaired) electrons. The topological polar surface area (TPSA) is 81.1 Å². The van der Waals surface area contributed by atoms with E-state index < -0.39 is 17.6 Å². The Hall–Kier alpha value is -1.83. The van der Waals surface area contributed by atoms with Crippen LogP contribution in [0.4, 0.5) is 18.9 Å². The summed E-state index contributed by atoms with van der Waals surface area (Å²) in [5.41, 5.74) is 9.92. The number of carbonyl (C=O) groups is 1. The minimum absolute atomic E-state index is 0.0534. The molecule has 0 fully saturated rings. The highest BCUT2D eigenvalue weighted by Gasteiger charge is 2.31. The molecule has 0 saturated heterocycles. The van der Waals surface area contributed by atoms with Crippen molar-refractivity contribution in [2.24, 2.45) is 11.5 Å². The molecule has 19 heavy (non-hydrogen) atoms. The third kappa shape index (κ3) is 4.40. The highest BCUT2D eigenvalue weighted by Crippen LogP contribution is 2.31. The lowest BCUT2D eigenvalue weighted by molar-refractivity contribution is -0.137. The van der Waals surface area contributed by atoms with Crippen LogP contribution in [0.25, 0.3) is 0 Å². The van der Waals surface area contributed by atoms with E-state index in [0.29, 0.717) is 5.69 Å². The van der Waals surface area contributed by atoms with Crippen LogP contribution in [0.5, 0.6) is 0 Å². The first-order valence-electron chi connectivity index (χ1n) is 5.25. The van der Waals surface area contributed by atoms with Gasteiger partial charge in [0.15, 0.2) is 0 Å². The Bertz CT molecular complexity index is 502. The second-order valence-electron chi connectivity index (χ2n) is 3.77. The van der Waals surface area contributed by atoms with Crippen molar-refractivity contribution in [1.82, 2.24) is 0 Å². The lowest BCUT2D eigenvalue weighted by Crippen LogP contribution is -2.19. The van der Waals surface area contributed by atoms with E-state index in [1.807, 2.05) is 0 Å². The van der Waals surface area contributed by atoms with E-state index in [1.54, 1.807) is 0 Å². The van der Waals surface area contributed by atoms with Crippen LogP contribution in [0.3, 0.4) is 0 Å². The Morgan fingerprint density at radius 3 is 2.42 bits per heavy atom. The highest BCUT2D eigenvalue weighted by atomic mass is 32.1. The van der Waals surface area contributed by atoms with E-state index in [-0.39, 0.29) is 23.5 Å². The first kappa shape index (κ1) is 15.2. The molecule has 5 N–H and O–H groups in total. The summed E-state index contributed by atoms with van der Waals surface area (Å²) in [6.45, 7) is 0.191. The second kappa shape index (κ2) is 5.87. The maximum Gasteiger partial charge on any atom is 0.416 e. The number of amides is 1. The molecule has 0 unspecified atom stereocenters. The second-order valence-corrected chi connectivity index (χ2v) is 4.21. The number of hydrogen-bond donors (Lipinski definition) is 3. The Kier molecular flexibility index (Phi) is 4.71. The molecule has 1 rings (SSSR count). The van der Waals surface area contributed by atoms with Crippen LogP contribution in [0.1, 0.15) is 17.5 Å². The van der Waals surface area contributed by atoms with Crippen molar-refractivity contribution in [3.63, 3.8) is 0 Å². The summed E-state index contributed by atoms with van der Waals surface area (Å²) < 4.78 is 37.7. The molecule has 1 aromatic rings. The van der Waals surface area contributed by atoms with Gasteiger partial charge in [-0.25, -0.2) is 0 Å². The van der Waals surface area contributed by atoms with Crippen LogP contribution in [-0.2, 0) is 11.0 Å². The van der Waals surface area contributed by atoms with E-state index in [2.05, 4.69) is 5.32 Å². The highest BCUT2D eigenvalue weighted by molar-refractivity contribution is 7.80. The van der Waals surface area contributed by atoms with Crippen molar-refractivity contribution in [2.45, 2.75) is 12.6 Å². The van der Waals surface area contributed by atoms with Gasteiger partial charge in [0.1, 0.15) is 4.99 Å². The summed E-state index contributed by atoms with van der Waals surface area (Å²) in [7, 11) is 0. The number of thiocarbonyl (C=S) groups is 1. The third-order valence-electron chi connectivity index (χ3n) is 2.30. The number of primary amides is 1. The van der Waals surface area contributed by atoms with Crippen LogP contribution in [0, 0.1) is 0 Å². The minimum atomic E-state index is -4.47. The summed E-state index contributed by atoms with van der Waals surface area (Å²) >= 11 is 4.71. The lowest BCUT2D eigenvalue weighted by Gasteiger charge is -2.14. The number of halogens is 3. The first-order chi connectivity index (χ1) is 8.71. The molecule has 0 bridgehead atoms. The fraction of sp³-hybridized carbons (Fsp3) is 0.273. The van der Waals surface area contributed by atoms with E-state index >= 15 is 0 Å². The molecule has 0 spiro atoms. The van der Waals surface area contributed by atoms with Crippen molar-refractivity contribution < 1.29 is 18.0 Å². The predicted molar refractivity (Wildman–Crippen MR) is 69.6 cm³/mol. The maximum absolute atomic E-state index is 12.6. The molecule has 0 atom stereocenters.